The number of ether oxygens (including phenoxy) is 1. The number of benzene rings is 2. The Bertz CT molecular complexity index is 776. The van der Waals surface area contributed by atoms with Crippen LogP contribution in [0.15, 0.2) is 42.5 Å². The van der Waals surface area contributed by atoms with Gasteiger partial charge in [-0.3, -0.25) is 0 Å². The lowest BCUT2D eigenvalue weighted by molar-refractivity contribution is 0.0680. The van der Waals surface area contributed by atoms with Crippen molar-refractivity contribution in [1.29, 1.82) is 0 Å². The molecule has 5 heteroatoms. The first-order chi connectivity index (χ1) is 12.1. The van der Waals surface area contributed by atoms with Gasteiger partial charge in [-0.15, -0.1) is 0 Å². The van der Waals surface area contributed by atoms with E-state index in [-0.39, 0.29) is 23.0 Å². The van der Waals surface area contributed by atoms with Crippen molar-refractivity contribution < 1.29 is 24.5 Å². The Labute approximate surface area is 145 Å². The number of hydrogen-bond acceptors (Lipinski definition) is 4. The first-order valence-corrected chi connectivity index (χ1v) is 8.44. The summed E-state index contributed by atoms with van der Waals surface area (Å²) in [5.41, 5.74) is 0.656. The van der Waals surface area contributed by atoms with Crippen molar-refractivity contribution in [3.8, 4) is 11.5 Å². The van der Waals surface area contributed by atoms with Gasteiger partial charge in [0, 0.05) is 5.56 Å². The Kier molecular flexibility index (Phi) is 5.03. The maximum absolute atomic E-state index is 12.4. The molecule has 0 saturated heterocycles. The zero-order valence-electron chi connectivity index (χ0n) is 13.8. The van der Waals surface area contributed by atoms with Gasteiger partial charge in [-0.2, -0.15) is 0 Å². The molecule has 0 heterocycles. The van der Waals surface area contributed by atoms with Gasteiger partial charge in [-0.05, 0) is 43.0 Å². The van der Waals surface area contributed by atoms with E-state index < -0.39 is 11.9 Å². The molecule has 0 unspecified atom stereocenters. The highest BCUT2D eigenvalue weighted by Gasteiger charge is 2.28. The first kappa shape index (κ1) is 17.0. The first-order valence-electron chi connectivity index (χ1n) is 8.44. The van der Waals surface area contributed by atoms with E-state index in [0.717, 1.165) is 32.1 Å². The molecule has 1 aliphatic carbocycles. The van der Waals surface area contributed by atoms with Crippen molar-refractivity contribution in [1.82, 2.24) is 0 Å². The number of carboxylic acid groups (broad SMARTS) is 1. The second-order valence-electron chi connectivity index (χ2n) is 6.27. The molecule has 1 fully saturated rings. The summed E-state index contributed by atoms with van der Waals surface area (Å²) in [4.78, 5) is 24.1. The van der Waals surface area contributed by atoms with Gasteiger partial charge in [0.25, 0.3) is 0 Å². The normalized spacial score (nSPS) is 14.9. The van der Waals surface area contributed by atoms with E-state index in [9.17, 15) is 19.8 Å². The predicted molar refractivity (Wildman–Crippen MR) is 92.3 cm³/mol. The smallest absolute Gasteiger partial charge is 0.343 e. The third kappa shape index (κ3) is 3.65. The van der Waals surface area contributed by atoms with Gasteiger partial charge in [0.1, 0.15) is 11.3 Å². The Balaban J connectivity index is 2.04. The fraction of sp³-hybridized carbons (Fsp3) is 0.300. The van der Waals surface area contributed by atoms with E-state index in [0.29, 0.717) is 11.1 Å². The van der Waals surface area contributed by atoms with Gasteiger partial charge in [-0.1, -0.05) is 37.5 Å². The molecule has 130 valence electrons. The lowest BCUT2D eigenvalue weighted by Gasteiger charge is -2.25. The molecule has 3 rings (SSSR count). The maximum Gasteiger partial charge on any atom is 0.343 e. The van der Waals surface area contributed by atoms with Gasteiger partial charge in [0.2, 0.25) is 0 Å². The molecular weight excluding hydrogens is 320 g/mol. The number of aromatic hydroxyl groups is 1. The molecule has 2 N–H and O–H groups in total. The molecule has 0 aliphatic heterocycles. The molecular formula is C20H20O5. The number of esters is 1. The minimum atomic E-state index is -1.19. The summed E-state index contributed by atoms with van der Waals surface area (Å²) in [6.45, 7) is 0. The van der Waals surface area contributed by atoms with Crippen LogP contribution in [-0.4, -0.2) is 22.2 Å². The number of carbonyl (C=O) groups excluding carboxylic acids is 1. The highest BCUT2D eigenvalue weighted by Crippen LogP contribution is 2.44. The van der Waals surface area contributed by atoms with Crippen LogP contribution in [-0.2, 0) is 0 Å². The van der Waals surface area contributed by atoms with Crippen LogP contribution < -0.4 is 4.74 Å². The van der Waals surface area contributed by atoms with Crippen LogP contribution in [0, 0.1) is 0 Å². The summed E-state index contributed by atoms with van der Waals surface area (Å²) in [6, 6.07) is 11.0. The van der Waals surface area contributed by atoms with Crippen molar-refractivity contribution in [2.45, 2.75) is 38.0 Å². The third-order valence-corrected chi connectivity index (χ3v) is 4.62. The van der Waals surface area contributed by atoms with Crippen LogP contribution in [0.1, 0.15) is 64.3 Å². The van der Waals surface area contributed by atoms with Gasteiger partial charge in [-0.25, -0.2) is 9.59 Å². The molecule has 0 radical (unpaired) electrons. The van der Waals surface area contributed by atoms with Gasteiger partial charge in [0.05, 0.1) is 5.56 Å². The summed E-state index contributed by atoms with van der Waals surface area (Å²) in [5.74, 6) is -1.88. The highest BCUT2D eigenvalue weighted by atomic mass is 16.5. The van der Waals surface area contributed by atoms with E-state index in [4.69, 9.17) is 4.74 Å². The molecule has 2 aromatic carbocycles. The number of hydrogen-bond donors (Lipinski definition) is 2. The predicted octanol–water partition coefficient (Wildman–Crippen LogP) is 4.36. The summed E-state index contributed by atoms with van der Waals surface area (Å²) >= 11 is 0. The minimum Gasteiger partial charge on any atom is -0.508 e. The van der Waals surface area contributed by atoms with Gasteiger partial charge >= 0.3 is 11.9 Å². The van der Waals surface area contributed by atoms with E-state index >= 15 is 0 Å². The van der Waals surface area contributed by atoms with Crippen molar-refractivity contribution in [3.05, 3.63) is 59.2 Å². The highest BCUT2D eigenvalue weighted by molar-refractivity contribution is 5.96. The zero-order valence-corrected chi connectivity index (χ0v) is 13.8. The quantitative estimate of drug-likeness (QED) is 0.638. The summed E-state index contributed by atoms with van der Waals surface area (Å²) in [5, 5.41) is 19.8. The standard InChI is InChI=1S/C20H20O5/c21-16-12-11-15(19(22)23)18(17(16)13-7-3-1-4-8-13)25-20(24)14-9-5-2-6-10-14/h2,5-6,9-13,21H,1,3-4,7-8H2,(H,22,23). The van der Waals surface area contributed by atoms with Crippen molar-refractivity contribution in [3.63, 3.8) is 0 Å². The van der Waals surface area contributed by atoms with Gasteiger partial charge < -0.3 is 14.9 Å². The Hall–Kier alpha value is -2.82. The van der Waals surface area contributed by atoms with Crippen molar-refractivity contribution in [2.24, 2.45) is 0 Å². The number of carbonyl (C=O) groups is 2. The second kappa shape index (κ2) is 7.38. The van der Waals surface area contributed by atoms with E-state index in [1.165, 1.54) is 12.1 Å². The maximum atomic E-state index is 12.4. The van der Waals surface area contributed by atoms with Crippen molar-refractivity contribution >= 4 is 11.9 Å². The molecule has 1 aliphatic rings. The summed E-state index contributed by atoms with van der Waals surface area (Å²) in [6.07, 6.45) is 4.81. The lowest BCUT2D eigenvalue weighted by atomic mass is 9.82. The molecule has 25 heavy (non-hydrogen) atoms. The largest absolute Gasteiger partial charge is 0.508 e. The fourth-order valence-electron chi connectivity index (χ4n) is 3.38. The van der Waals surface area contributed by atoms with E-state index in [1.54, 1.807) is 30.3 Å². The number of phenols is 1. The average Bonchev–Trinajstić information content (AvgIpc) is 2.63. The molecule has 0 atom stereocenters. The Morgan fingerprint density at radius 2 is 1.64 bits per heavy atom. The molecule has 0 bridgehead atoms. The zero-order chi connectivity index (χ0) is 17.8. The summed E-state index contributed by atoms with van der Waals surface area (Å²) in [7, 11) is 0. The number of phenolic OH excluding ortho intramolecular Hbond substituents is 1. The summed E-state index contributed by atoms with van der Waals surface area (Å²) < 4.78 is 5.48. The molecule has 0 spiro atoms. The van der Waals surface area contributed by atoms with Crippen LogP contribution in [0.2, 0.25) is 0 Å². The van der Waals surface area contributed by atoms with E-state index in [2.05, 4.69) is 0 Å². The second-order valence-corrected chi connectivity index (χ2v) is 6.27. The van der Waals surface area contributed by atoms with Gasteiger partial charge in [0.15, 0.2) is 5.75 Å². The number of aromatic carboxylic acids is 1. The fourth-order valence-corrected chi connectivity index (χ4v) is 3.38. The van der Waals surface area contributed by atoms with Crippen LogP contribution in [0.25, 0.3) is 0 Å². The van der Waals surface area contributed by atoms with Crippen molar-refractivity contribution in [2.75, 3.05) is 0 Å². The number of carboxylic acids is 1. The molecule has 5 nitrogen and oxygen atoms in total. The van der Waals surface area contributed by atoms with Crippen LogP contribution in [0.3, 0.4) is 0 Å². The van der Waals surface area contributed by atoms with Crippen LogP contribution in [0.4, 0.5) is 0 Å². The molecule has 1 saturated carbocycles. The average molecular weight is 340 g/mol. The third-order valence-electron chi connectivity index (χ3n) is 4.62. The SMILES string of the molecule is O=C(Oc1c(C(=O)O)ccc(O)c1C1CCCCC1)c1ccccc1. The minimum absolute atomic E-state index is 0.00776. The topological polar surface area (TPSA) is 83.8 Å². The van der Waals surface area contributed by atoms with Crippen LogP contribution >= 0.6 is 0 Å². The Morgan fingerprint density at radius 1 is 0.960 bits per heavy atom. The molecule has 2 aromatic rings. The molecule has 0 amide bonds. The van der Waals surface area contributed by atoms with E-state index in [1.807, 2.05) is 0 Å². The number of rotatable bonds is 4. The van der Waals surface area contributed by atoms with Crippen LogP contribution in [0.5, 0.6) is 11.5 Å². The molecule has 0 aromatic heterocycles. The lowest BCUT2D eigenvalue weighted by Crippen LogP contribution is -2.15. The Morgan fingerprint density at radius 3 is 2.28 bits per heavy atom. The monoisotopic (exact) mass is 340 g/mol.